The SMILES string of the molecule is COc1cc(F)c(C(C)C)cc1-c1ccc(C(F)(F)F)cc1CN1C(=O)OC(c2cc(C(F)(F)F)cc(C(F)(F)F)c2)C1C. The summed E-state index contributed by atoms with van der Waals surface area (Å²) in [6, 6.07) is 4.71. The average molecular weight is 638 g/mol. The van der Waals surface area contributed by atoms with Crippen LogP contribution in [0.5, 0.6) is 5.75 Å². The van der Waals surface area contributed by atoms with Crippen LogP contribution in [-0.2, 0) is 29.8 Å². The van der Waals surface area contributed by atoms with Gasteiger partial charge in [0.1, 0.15) is 17.7 Å². The first kappa shape index (κ1) is 32.9. The molecule has 0 aromatic heterocycles. The van der Waals surface area contributed by atoms with Crippen molar-refractivity contribution < 1.29 is 58.2 Å². The number of cyclic esters (lactones) is 1. The van der Waals surface area contributed by atoms with E-state index < -0.39 is 71.4 Å². The molecule has 3 aromatic rings. The van der Waals surface area contributed by atoms with Gasteiger partial charge in [-0.25, -0.2) is 9.18 Å². The number of nitrogens with zero attached hydrogens (tertiary/aromatic N) is 1. The van der Waals surface area contributed by atoms with Crippen LogP contribution >= 0.6 is 0 Å². The van der Waals surface area contributed by atoms with Crippen LogP contribution < -0.4 is 4.74 Å². The predicted octanol–water partition coefficient (Wildman–Crippen LogP) is 9.76. The highest BCUT2D eigenvalue weighted by atomic mass is 19.4. The second-order valence-corrected chi connectivity index (χ2v) is 10.6. The van der Waals surface area contributed by atoms with Crippen LogP contribution in [0.1, 0.15) is 66.2 Å². The molecular formula is C30H25F10NO3. The van der Waals surface area contributed by atoms with E-state index in [1.165, 1.54) is 20.1 Å². The van der Waals surface area contributed by atoms with Gasteiger partial charge in [-0.1, -0.05) is 19.9 Å². The van der Waals surface area contributed by atoms with E-state index in [1.54, 1.807) is 13.8 Å². The van der Waals surface area contributed by atoms with E-state index in [4.69, 9.17) is 9.47 Å². The van der Waals surface area contributed by atoms with Crippen molar-refractivity contribution in [2.45, 2.75) is 63.9 Å². The molecule has 0 spiro atoms. The molecule has 0 N–H and O–H groups in total. The summed E-state index contributed by atoms with van der Waals surface area (Å²) in [6.07, 6.45) is -17.9. The van der Waals surface area contributed by atoms with Crippen LogP contribution in [0.25, 0.3) is 11.1 Å². The van der Waals surface area contributed by atoms with Gasteiger partial charge in [0.05, 0.1) is 36.4 Å². The number of methoxy groups -OCH3 is 1. The smallest absolute Gasteiger partial charge is 0.416 e. The summed E-state index contributed by atoms with van der Waals surface area (Å²) in [6.45, 7) is 4.09. The maximum absolute atomic E-state index is 14.7. The molecule has 0 saturated carbocycles. The molecule has 4 nitrogen and oxygen atoms in total. The molecule has 1 heterocycles. The lowest BCUT2D eigenvalue weighted by atomic mass is 9.91. The molecule has 1 amide bonds. The first-order valence-electron chi connectivity index (χ1n) is 13.1. The third kappa shape index (κ3) is 6.58. The molecule has 2 unspecified atom stereocenters. The normalized spacial score (nSPS) is 17.8. The second kappa shape index (κ2) is 11.5. The van der Waals surface area contributed by atoms with E-state index >= 15 is 0 Å². The van der Waals surface area contributed by atoms with Gasteiger partial charge in [-0.05, 0) is 71.5 Å². The van der Waals surface area contributed by atoms with Crippen LogP contribution in [0.4, 0.5) is 48.7 Å². The lowest BCUT2D eigenvalue weighted by Gasteiger charge is -2.24. The van der Waals surface area contributed by atoms with Crippen molar-refractivity contribution in [1.29, 1.82) is 0 Å². The molecule has 44 heavy (non-hydrogen) atoms. The summed E-state index contributed by atoms with van der Waals surface area (Å²) in [7, 11) is 1.23. The highest BCUT2D eigenvalue weighted by molar-refractivity contribution is 5.76. The zero-order valence-corrected chi connectivity index (χ0v) is 23.5. The Bertz CT molecular complexity index is 1530. The molecule has 1 fully saturated rings. The molecule has 14 heteroatoms. The van der Waals surface area contributed by atoms with E-state index in [2.05, 4.69) is 0 Å². The van der Waals surface area contributed by atoms with Gasteiger partial charge < -0.3 is 9.47 Å². The van der Waals surface area contributed by atoms with Crippen molar-refractivity contribution in [3.63, 3.8) is 0 Å². The monoisotopic (exact) mass is 637 g/mol. The minimum absolute atomic E-state index is 0.0218. The molecule has 0 aliphatic carbocycles. The Morgan fingerprint density at radius 2 is 1.39 bits per heavy atom. The topological polar surface area (TPSA) is 38.8 Å². The van der Waals surface area contributed by atoms with Gasteiger partial charge in [-0.15, -0.1) is 0 Å². The molecule has 0 radical (unpaired) electrons. The second-order valence-electron chi connectivity index (χ2n) is 10.6. The summed E-state index contributed by atoms with van der Waals surface area (Å²) in [5.74, 6) is -0.972. The fourth-order valence-corrected chi connectivity index (χ4v) is 5.04. The minimum Gasteiger partial charge on any atom is -0.496 e. The highest BCUT2D eigenvalue weighted by Gasteiger charge is 2.44. The largest absolute Gasteiger partial charge is 0.496 e. The van der Waals surface area contributed by atoms with Crippen LogP contribution in [-0.4, -0.2) is 24.1 Å². The lowest BCUT2D eigenvalue weighted by molar-refractivity contribution is -0.143. The number of halogens is 10. The van der Waals surface area contributed by atoms with E-state index in [9.17, 15) is 48.7 Å². The molecule has 1 saturated heterocycles. The summed E-state index contributed by atoms with van der Waals surface area (Å²) in [5.41, 5.74) is -4.48. The predicted molar refractivity (Wildman–Crippen MR) is 138 cm³/mol. The van der Waals surface area contributed by atoms with Crippen molar-refractivity contribution in [2.24, 2.45) is 0 Å². The summed E-state index contributed by atoms with van der Waals surface area (Å²) < 4.78 is 147. The molecule has 2 atom stereocenters. The van der Waals surface area contributed by atoms with Gasteiger partial charge in [0, 0.05) is 11.6 Å². The number of alkyl halides is 9. The fraction of sp³-hybridized carbons (Fsp3) is 0.367. The van der Waals surface area contributed by atoms with Crippen molar-refractivity contribution in [2.75, 3.05) is 7.11 Å². The van der Waals surface area contributed by atoms with Crippen LogP contribution in [0.2, 0.25) is 0 Å². The number of benzene rings is 3. The van der Waals surface area contributed by atoms with E-state index in [0.717, 1.165) is 29.2 Å². The minimum atomic E-state index is -5.16. The number of amides is 1. The number of rotatable bonds is 6. The summed E-state index contributed by atoms with van der Waals surface area (Å²) in [4.78, 5) is 13.8. The molecule has 4 rings (SSSR count). The zero-order chi connectivity index (χ0) is 32.9. The van der Waals surface area contributed by atoms with E-state index in [-0.39, 0.29) is 40.0 Å². The van der Waals surface area contributed by atoms with Crippen molar-refractivity contribution in [3.05, 3.63) is 87.7 Å². The molecular weight excluding hydrogens is 612 g/mol. The third-order valence-electron chi connectivity index (χ3n) is 7.33. The van der Waals surface area contributed by atoms with E-state index in [1.807, 2.05) is 0 Å². The maximum atomic E-state index is 14.7. The Kier molecular flexibility index (Phi) is 8.62. The number of carbonyl (C=O) groups is 1. The first-order chi connectivity index (χ1) is 20.2. The Morgan fingerprint density at radius 3 is 1.89 bits per heavy atom. The quantitative estimate of drug-likeness (QED) is 0.253. The van der Waals surface area contributed by atoms with Crippen LogP contribution in [0.3, 0.4) is 0 Å². The Balaban J connectivity index is 1.81. The lowest BCUT2D eigenvalue weighted by Crippen LogP contribution is -2.32. The van der Waals surface area contributed by atoms with Gasteiger partial charge >= 0.3 is 24.6 Å². The Hall–Kier alpha value is -3.97. The molecule has 3 aromatic carbocycles. The van der Waals surface area contributed by atoms with Crippen molar-refractivity contribution in [3.8, 4) is 16.9 Å². The third-order valence-corrected chi connectivity index (χ3v) is 7.33. The Labute approximate surface area is 245 Å². The molecule has 1 aliphatic rings. The number of carbonyl (C=O) groups excluding carboxylic acids is 1. The van der Waals surface area contributed by atoms with Crippen molar-refractivity contribution >= 4 is 6.09 Å². The number of hydrogen-bond acceptors (Lipinski definition) is 3. The maximum Gasteiger partial charge on any atom is 0.416 e. The summed E-state index contributed by atoms with van der Waals surface area (Å²) in [5, 5.41) is 0. The number of hydrogen-bond donors (Lipinski definition) is 0. The van der Waals surface area contributed by atoms with Crippen LogP contribution in [0, 0.1) is 5.82 Å². The fourth-order valence-electron chi connectivity index (χ4n) is 5.04. The van der Waals surface area contributed by atoms with E-state index in [0.29, 0.717) is 12.1 Å². The van der Waals surface area contributed by atoms with Crippen LogP contribution in [0.15, 0.2) is 48.5 Å². The zero-order valence-electron chi connectivity index (χ0n) is 23.5. The number of ether oxygens (including phenoxy) is 2. The van der Waals surface area contributed by atoms with Gasteiger partial charge in [-0.3, -0.25) is 4.90 Å². The van der Waals surface area contributed by atoms with Gasteiger partial charge in [0.2, 0.25) is 0 Å². The standard InChI is InChI=1S/C30H25F10NO3/c1-14(2)22-11-23(25(43-4)12-24(22)31)21-6-5-18(28(32,33)34)9-17(21)13-41-15(3)26(44-27(41)42)16-7-19(29(35,36)37)10-20(8-16)30(38,39)40/h5-12,14-15,26H,13H2,1-4H3. The molecule has 238 valence electrons. The van der Waals surface area contributed by atoms with Gasteiger partial charge in [-0.2, -0.15) is 39.5 Å². The summed E-state index contributed by atoms with van der Waals surface area (Å²) >= 11 is 0. The van der Waals surface area contributed by atoms with Gasteiger partial charge in [0.15, 0.2) is 0 Å². The Morgan fingerprint density at radius 1 is 0.818 bits per heavy atom. The first-order valence-corrected chi connectivity index (χ1v) is 13.1. The average Bonchev–Trinajstić information content (AvgIpc) is 3.19. The molecule has 1 aliphatic heterocycles. The highest BCUT2D eigenvalue weighted by Crippen LogP contribution is 2.43. The molecule has 0 bridgehead atoms. The van der Waals surface area contributed by atoms with Gasteiger partial charge in [0.25, 0.3) is 0 Å². The van der Waals surface area contributed by atoms with Crippen molar-refractivity contribution in [1.82, 2.24) is 4.90 Å².